The van der Waals surface area contributed by atoms with Crippen molar-refractivity contribution < 1.29 is 4.79 Å². The van der Waals surface area contributed by atoms with Gasteiger partial charge in [-0.15, -0.1) is 0 Å². The lowest BCUT2D eigenvalue weighted by molar-refractivity contribution is 0.0648. The van der Waals surface area contributed by atoms with Crippen LogP contribution in [0.2, 0.25) is 0 Å². The molecule has 0 aliphatic carbocycles. The van der Waals surface area contributed by atoms with Crippen LogP contribution in [0, 0.1) is 16.4 Å². The van der Waals surface area contributed by atoms with Crippen LogP contribution in [-0.2, 0) is 0 Å². The van der Waals surface area contributed by atoms with Gasteiger partial charge in [0.2, 0.25) is 0 Å². The molecule has 3 nitrogen and oxygen atoms in total. The van der Waals surface area contributed by atoms with Crippen LogP contribution >= 0.6 is 22.6 Å². The zero-order valence-corrected chi connectivity index (χ0v) is 13.7. The van der Waals surface area contributed by atoms with Gasteiger partial charge in [-0.25, -0.2) is 0 Å². The van der Waals surface area contributed by atoms with E-state index in [9.17, 15) is 4.79 Å². The Hall–Kier alpha value is -0.620. The summed E-state index contributed by atoms with van der Waals surface area (Å²) in [7, 11) is 0. The number of amides is 1. The second kappa shape index (κ2) is 6.22. The van der Waals surface area contributed by atoms with Crippen LogP contribution in [-0.4, -0.2) is 29.9 Å². The smallest absolute Gasteiger partial charge is 0.254 e. The highest BCUT2D eigenvalue weighted by atomic mass is 127. The van der Waals surface area contributed by atoms with Gasteiger partial charge >= 0.3 is 0 Å². The summed E-state index contributed by atoms with van der Waals surface area (Å²) in [6.07, 6.45) is 1.95. The average Bonchev–Trinajstić information content (AvgIpc) is 2.41. The Labute approximate surface area is 128 Å². The minimum absolute atomic E-state index is 0.151. The number of carbonyl (C=O) groups excluding carboxylic acids is 1. The van der Waals surface area contributed by atoms with Gasteiger partial charge in [0.05, 0.1) is 5.56 Å². The zero-order valence-electron chi connectivity index (χ0n) is 11.5. The van der Waals surface area contributed by atoms with Gasteiger partial charge in [0.1, 0.15) is 0 Å². The van der Waals surface area contributed by atoms with Crippen LogP contribution in [0.4, 0.5) is 0 Å². The van der Waals surface area contributed by atoms with Crippen LogP contribution < -0.4 is 5.73 Å². The monoisotopic (exact) mass is 372 g/mol. The third-order valence-corrected chi connectivity index (χ3v) is 5.46. The summed E-state index contributed by atoms with van der Waals surface area (Å²) < 4.78 is 1.06. The normalized spacial score (nSPS) is 23.5. The molecular weight excluding hydrogens is 351 g/mol. The molecule has 1 amide bonds. The summed E-state index contributed by atoms with van der Waals surface area (Å²) in [4.78, 5) is 14.6. The number of rotatable bonds is 2. The Morgan fingerprint density at radius 2 is 2.26 bits per heavy atom. The van der Waals surface area contributed by atoms with Crippen molar-refractivity contribution in [2.24, 2.45) is 11.7 Å². The molecule has 1 heterocycles. The fourth-order valence-electron chi connectivity index (χ4n) is 2.65. The molecule has 2 atom stereocenters. The summed E-state index contributed by atoms with van der Waals surface area (Å²) in [6, 6.07) is 6.16. The van der Waals surface area contributed by atoms with E-state index in [4.69, 9.17) is 5.73 Å². The van der Waals surface area contributed by atoms with Gasteiger partial charge in [-0.05, 0) is 53.5 Å². The number of aryl methyl sites for hydroxylation is 1. The van der Waals surface area contributed by atoms with E-state index in [0.29, 0.717) is 5.92 Å². The minimum Gasteiger partial charge on any atom is -0.338 e. The molecule has 0 aromatic heterocycles. The Bertz CT molecular complexity index is 475. The number of carbonyl (C=O) groups is 1. The number of benzene rings is 1. The molecule has 1 aromatic rings. The third-order valence-electron chi connectivity index (χ3n) is 4.03. The summed E-state index contributed by atoms with van der Waals surface area (Å²) >= 11 is 2.26. The number of nitrogens with two attached hydrogens (primary N) is 1. The van der Waals surface area contributed by atoms with E-state index in [0.717, 1.165) is 40.6 Å². The van der Waals surface area contributed by atoms with E-state index < -0.39 is 0 Å². The first-order chi connectivity index (χ1) is 9.04. The summed E-state index contributed by atoms with van der Waals surface area (Å²) in [5, 5.41) is 0. The van der Waals surface area contributed by atoms with E-state index in [1.165, 1.54) is 0 Å². The van der Waals surface area contributed by atoms with Crippen molar-refractivity contribution in [1.29, 1.82) is 0 Å². The zero-order chi connectivity index (χ0) is 14.0. The molecule has 0 spiro atoms. The number of hydrogen-bond acceptors (Lipinski definition) is 2. The molecule has 4 heteroatoms. The number of piperidine rings is 1. The van der Waals surface area contributed by atoms with Gasteiger partial charge in [-0.3, -0.25) is 4.79 Å². The summed E-state index contributed by atoms with van der Waals surface area (Å²) in [5.74, 6) is 0.582. The first-order valence-electron chi connectivity index (χ1n) is 6.84. The molecule has 19 heavy (non-hydrogen) atoms. The van der Waals surface area contributed by atoms with Gasteiger partial charge in [-0.1, -0.05) is 25.5 Å². The first kappa shape index (κ1) is 14.8. The van der Waals surface area contributed by atoms with Crippen molar-refractivity contribution in [3.05, 3.63) is 32.9 Å². The molecule has 1 saturated heterocycles. The number of likely N-dealkylation sites (tertiary alicyclic amines) is 1. The number of nitrogens with zero attached hydrogens (tertiary/aromatic N) is 1. The van der Waals surface area contributed by atoms with Gasteiger partial charge in [0, 0.05) is 22.7 Å². The highest BCUT2D eigenvalue weighted by molar-refractivity contribution is 14.1. The molecule has 1 aromatic carbocycles. The van der Waals surface area contributed by atoms with E-state index in [2.05, 4.69) is 29.5 Å². The molecule has 2 N–H and O–H groups in total. The van der Waals surface area contributed by atoms with Gasteiger partial charge in [0.25, 0.3) is 5.91 Å². The molecule has 0 radical (unpaired) electrons. The summed E-state index contributed by atoms with van der Waals surface area (Å²) in [5.41, 5.74) is 8.09. The highest BCUT2D eigenvalue weighted by Crippen LogP contribution is 2.23. The Balaban J connectivity index is 2.18. The highest BCUT2D eigenvalue weighted by Gasteiger charge is 2.29. The van der Waals surface area contributed by atoms with Crippen molar-refractivity contribution >= 4 is 28.5 Å². The molecule has 2 unspecified atom stereocenters. The van der Waals surface area contributed by atoms with Crippen molar-refractivity contribution in [1.82, 2.24) is 4.90 Å². The predicted molar refractivity (Wildman–Crippen MR) is 86.2 cm³/mol. The van der Waals surface area contributed by atoms with E-state index in [1.54, 1.807) is 0 Å². The predicted octanol–water partition coefficient (Wildman–Crippen LogP) is 2.80. The maximum absolute atomic E-state index is 12.6. The van der Waals surface area contributed by atoms with Crippen molar-refractivity contribution in [3.8, 4) is 0 Å². The average molecular weight is 372 g/mol. The van der Waals surface area contributed by atoms with Crippen LogP contribution in [0.1, 0.15) is 35.7 Å². The summed E-state index contributed by atoms with van der Waals surface area (Å²) in [6.45, 7) is 5.76. The van der Waals surface area contributed by atoms with E-state index in [1.807, 2.05) is 30.0 Å². The SMILES string of the molecule is CCC1CN(C(=O)c2cccc(C)c2I)CCC1N. The standard InChI is InChI=1S/C15H21IN2O/c1-3-11-9-18(8-7-13(11)17)15(19)12-6-4-5-10(2)14(12)16/h4-6,11,13H,3,7-9,17H2,1-2H3. The molecular formula is C15H21IN2O. The quantitative estimate of drug-likeness (QED) is 0.812. The van der Waals surface area contributed by atoms with Crippen LogP contribution in [0.3, 0.4) is 0 Å². The lowest BCUT2D eigenvalue weighted by Crippen LogP contribution is -2.49. The van der Waals surface area contributed by atoms with Crippen molar-refractivity contribution in [2.75, 3.05) is 13.1 Å². The second-order valence-corrected chi connectivity index (χ2v) is 6.39. The third kappa shape index (κ3) is 3.11. The number of halogens is 1. The maximum atomic E-state index is 12.6. The molecule has 0 bridgehead atoms. The van der Waals surface area contributed by atoms with Crippen molar-refractivity contribution in [3.63, 3.8) is 0 Å². The van der Waals surface area contributed by atoms with Crippen molar-refractivity contribution in [2.45, 2.75) is 32.7 Å². The number of hydrogen-bond donors (Lipinski definition) is 1. The van der Waals surface area contributed by atoms with E-state index >= 15 is 0 Å². The first-order valence-corrected chi connectivity index (χ1v) is 7.92. The fourth-order valence-corrected chi connectivity index (χ4v) is 3.24. The Kier molecular flexibility index (Phi) is 4.84. The van der Waals surface area contributed by atoms with Gasteiger partial charge in [0.15, 0.2) is 0 Å². The molecule has 2 rings (SSSR count). The lowest BCUT2D eigenvalue weighted by atomic mass is 9.90. The fraction of sp³-hybridized carbons (Fsp3) is 0.533. The largest absolute Gasteiger partial charge is 0.338 e. The lowest BCUT2D eigenvalue weighted by Gasteiger charge is -2.36. The van der Waals surface area contributed by atoms with Crippen LogP contribution in [0.5, 0.6) is 0 Å². The van der Waals surface area contributed by atoms with Gasteiger partial charge < -0.3 is 10.6 Å². The van der Waals surface area contributed by atoms with Gasteiger partial charge in [-0.2, -0.15) is 0 Å². The van der Waals surface area contributed by atoms with Crippen LogP contribution in [0.25, 0.3) is 0 Å². The molecule has 1 aliphatic rings. The molecule has 1 fully saturated rings. The minimum atomic E-state index is 0.151. The Morgan fingerprint density at radius 3 is 2.95 bits per heavy atom. The second-order valence-electron chi connectivity index (χ2n) is 5.31. The molecule has 0 saturated carbocycles. The topological polar surface area (TPSA) is 46.3 Å². The Morgan fingerprint density at radius 1 is 1.53 bits per heavy atom. The van der Waals surface area contributed by atoms with Crippen LogP contribution in [0.15, 0.2) is 18.2 Å². The maximum Gasteiger partial charge on any atom is 0.254 e. The van der Waals surface area contributed by atoms with E-state index in [-0.39, 0.29) is 11.9 Å². The molecule has 1 aliphatic heterocycles. The molecule has 104 valence electrons.